The number of hydrogen-bond donors (Lipinski definition) is 0. The van der Waals surface area contributed by atoms with Gasteiger partial charge in [-0.1, -0.05) is 12.1 Å². The van der Waals surface area contributed by atoms with Crippen LogP contribution < -0.4 is 4.74 Å². The average Bonchev–Trinajstić information content (AvgIpc) is 2.90. The number of hydrogen-bond acceptors (Lipinski definition) is 2. The minimum absolute atomic E-state index is 0. The normalized spacial score (nSPS) is 14.3. The molecule has 0 aliphatic heterocycles. The summed E-state index contributed by atoms with van der Waals surface area (Å²) in [6, 6.07) is 4.78. The monoisotopic (exact) mass is 322 g/mol. The highest BCUT2D eigenvalue weighted by molar-refractivity contribution is 14.0. The van der Waals surface area contributed by atoms with Crippen molar-refractivity contribution in [3.8, 4) is 5.75 Å². The van der Waals surface area contributed by atoms with Crippen LogP contribution in [0.2, 0.25) is 0 Å². The molecule has 1 fully saturated rings. The van der Waals surface area contributed by atoms with Gasteiger partial charge in [-0.15, -0.1) is 24.0 Å². The molecule has 15 heavy (non-hydrogen) atoms. The van der Waals surface area contributed by atoms with Crippen molar-refractivity contribution in [3.63, 3.8) is 0 Å². The maximum Gasteiger partial charge on any atom is 0.308 e. The molecule has 1 aliphatic carbocycles. The Morgan fingerprint density at radius 3 is 2.67 bits per heavy atom. The molecule has 0 aromatic heterocycles. The summed E-state index contributed by atoms with van der Waals surface area (Å²) in [4.78, 5) is 10.8. The molecule has 2 nitrogen and oxygen atoms in total. The van der Waals surface area contributed by atoms with Gasteiger partial charge >= 0.3 is 5.97 Å². The Labute approximate surface area is 105 Å². The molecule has 0 saturated heterocycles. The van der Waals surface area contributed by atoms with Crippen LogP contribution >= 0.6 is 24.0 Å². The van der Waals surface area contributed by atoms with E-state index >= 15 is 0 Å². The number of carbonyl (C=O) groups is 1. The van der Waals surface area contributed by atoms with Crippen LogP contribution in [0.4, 0.5) is 4.39 Å². The molecule has 1 saturated carbocycles. The number of benzene rings is 1. The van der Waals surface area contributed by atoms with Gasteiger partial charge in [0.05, 0.1) is 0 Å². The van der Waals surface area contributed by atoms with Crippen LogP contribution in [-0.2, 0) is 4.79 Å². The molecule has 0 amide bonds. The van der Waals surface area contributed by atoms with Crippen LogP contribution in [-0.4, -0.2) is 5.97 Å². The molecule has 0 bridgehead atoms. The molecule has 2 rings (SSSR count). The number of esters is 1. The third-order valence-corrected chi connectivity index (χ3v) is 2.26. The number of rotatable bonds is 2. The average molecular weight is 322 g/mol. The zero-order valence-electron chi connectivity index (χ0n) is 8.33. The minimum Gasteiger partial charge on any atom is -0.423 e. The van der Waals surface area contributed by atoms with Gasteiger partial charge in [0.15, 0.2) is 11.6 Å². The Morgan fingerprint density at radius 1 is 1.47 bits per heavy atom. The molecule has 1 aromatic rings. The van der Waals surface area contributed by atoms with Gasteiger partial charge in [-0.3, -0.25) is 4.79 Å². The van der Waals surface area contributed by atoms with Crippen molar-refractivity contribution in [2.24, 2.45) is 0 Å². The highest BCUT2D eigenvalue weighted by atomic mass is 127. The smallest absolute Gasteiger partial charge is 0.308 e. The van der Waals surface area contributed by atoms with Gasteiger partial charge in [0.2, 0.25) is 0 Å². The molecular formula is C11H12FIO2. The summed E-state index contributed by atoms with van der Waals surface area (Å²) >= 11 is 0. The highest BCUT2D eigenvalue weighted by Crippen LogP contribution is 2.44. The van der Waals surface area contributed by atoms with Crippen LogP contribution in [0.25, 0.3) is 0 Å². The lowest BCUT2D eigenvalue weighted by molar-refractivity contribution is -0.132. The summed E-state index contributed by atoms with van der Waals surface area (Å²) in [5.74, 6) is -0.441. The van der Waals surface area contributed by atoms with Crippen LogP contribution in [0, 0.1) is 5.82 Å². The lowest BCUT2D eigenvalue weighted by atomic mass is 10.1. The summed E-state index contributed by atoms with van der Waals surface area (Å²) in [5.41, 5.74) is 0.820. The van der Waals surface area contributed by atoms with Crippen molar-refractivity contribution < 1.29 is 13.9 Å². The standard InChI is InChI=1S/C11H11FO2.HI/c1-7(13)14-11-9(8-5-6-8)3-2-4-10(11)12;/h2-4,8H,5-6H2,1H3;1H. The molecule has 4 heteroatoms. The van der Waals surface area contributed by atoms with E-state index in [1.807, 2.05) is 6.07 Å². The first kappa shape index (κ1) is 12.4. The molecule has 0 atom stereocenters. The predicted molar refractivity (Wildman–Crippen MR) is 65.1 cm³/mol. The quantitative estimate of drug-likeness (QED) is 0.475. The molecule has 1 aromatic carbocycles. The fraction of sp³-hybridized carbons (Fsp3) is 0.364. The summed E-state index contributed by atoms with van der Waals surface area (Å²) in [6.07, 6.45) is 2.11. The van der Waals surface area contributed by atoms with E-state index in [0.717, 1.165) is 18.4 Å². The van der Waals surface area contributed by atoms with Crippen LogP contribution in [0.3, 0.4) is 0 Å². The molecule has 82 valence electrons. The van der Waals surface area contributed by atoms with E-state index in [0.29, 0.717) is 5.92 Å². The van der Waals surface area contributed by atoms with E-state index in [1.54, 1.807) is 6.07 Å². The first-order valence-electron chi connectivity index (χ1n) is 4.65. The fourth-order valence-corrected chi connectivity index (χ4v) is 1.49. The summed E-state index contributed by atoms with van der Waals surface area (Å²) in [6.45, 7) is 1.28. The van der Waals surface area contributed by atoms with Gasteiger partial charge in [0.1, 0.15) is 0 Å². The van der Waals surface area contributed by atoms with E-state index < -0.39 is 11.8 Å². The highest BCUT2D eigenvalue weighted by Gasteiger charge is 2.28. The molecule has 0 spiro atoms. The zero-order chi connectivity index (χ0) is 10.1. The second-order valence-corrected chi connectivity index (χ2v) is 3.53. The maximum absolute atomic E-state index is 13.3. The van der Waals surface area contributed by atoms with Crippen LogP contribution in [0.5, 0.6) is 5.75 Å². The molecule has 0 radical (unpaired) electrons. The van der Waals surface area contributed by atoms with E-state index in [-0.39, 0.29) is 29.7 Å². The van der Waals surface area contributed by atoms with Crippen molar-refractivity contribution in [1.29, 1.82) is 0 Å². The van der Waals surface area contributed by atoms with E-state index in [2.05, 4.69) is 0 Å². The van der Waals surface area contributed by atoms with Crippen molar-refractivity contribution in [1.82, 2.24) is 0 Å². The predicted octanol–water partition coefficient (Wildman–Crippen LogP) is 3.25. The first-order chi connectivity index (χ1) is 6.68. The molecular weight excluding hydrogens is 310 g/mol. The van der Waals surface area contributed by atoms with Gasteiger partial charge in [0.25, 0.3) is 0 Å². The van der Waals surface area contributed by atoms with Crippen molar-refractivity contribution in [2.75, 3.05) is 0 Å². The summed E-state index contributed by atoms with van der Waals surface area (Å²) in [7, 11) is 0. The Hall–Kier alpha value is -0.650. The summed E-state index contributed by atoms with van der Waals surface area (Å²) in [5, 5.41) is 0. The van der Waals surface area contributed by atoms with Gasteiger partial charge < -0.3 is 4.74 Å². The third-order valence-electron chi connectivity index (χ3n) is 2.26. The molecule has 0 N–H and O–H groups in total. The second kappa shape index (κ2) is 4.92. The number of para-hydroxylation sites is 1. The number of ether oxygens (including phenoxy) is 1. The molecule has 1 aliphatic rings. The van der Waals surface area contributed by atoms with E-state index in [1.165, 1.54) is 13.0 Å². The first-order valence-corrected chi connectivity index (χ1v) is 4.65. The van der Waals surface area contributed by atoms with Crippen molar-refractivity contribution >= 4 is 29.9 Å². The Balaban J connectivity index is 0.00000112. The third kappa shape index (κ3) is 2.90. The Bertz CT molecular complexity index is 375. The van der Waals surface area contributed by atoms with Crippen molar-refractivity contribution in [3.05, 3.63) is 29.6 Å². The second-order valence-electron chi connectivity index (χ2n) is 3.53. The largest absolute Gasteiger partial charge is 0.423 e. The fourth-order valence-electron chi connectivity index (χ4n) is 1.49. The minimum atomic E-state index is -0.475. The van der Waals surface area contributed by atoms with E-state index in [9.17, 15) is 9.18 Å². The topological polar surface area (TPSA) is 26.3 Å². The lowest BCUT2D eigenvalue weighted by Gasteiger charge is -2.08. The molecule has 0 unspecified atom stereocenters. The SMILES string of the molecule is CC(=O)Oc1c(F)cccc1C1CC1.I. The maximum atomic E-state index is 13.3. The van der Waals surface area contributed by atoms with E-state index in [4.69, 9.17) is 4.74 Å². The van der Waals surface area contributed by atoms with Crippen LogP contribution in [0.1, 0.15) is 31.2 Å². The van der Waals surface area contributed by atoms with Crippen molar-refractivity contribution in [2.45, 2.75) is 25.7 Å². The van der Waals surface area contributed by atoms with Gasteiger partial charge in [-0.2, -0.15) is 0 Å². The summed E-state index contributed by atoms with van der Waals surface area (Å²) < 4.78 is 18.2. The Kier molecular flexibility index (Phi) is 4.07. The number of halogens is 2. The zero-order valence-corrected chi connectivity index (χ0v) is 10.7. The van der Waals surface area contributed by atoms with Gasteiger partial charge in [-0.05, 0) is 24.8 Å². The lowest BCUT2D eigenvalue weighted by Crippen LogP contribution is -2.05. The Morgan fingerprint density at radius 2 is 2.13 bits per heavy atom. The molecule has 0 heterocycles. The van der Waals surface area contributed by atoms with Crippen LogP contribution in [0.15, 0.2) is 18.2 Å². The van der Waals surface area contributed by atoms with Gasteiger partial charge in [0, 0.05) is 12.5 Å². The van der Waals surface area contributed by atoms with Gasteiger partial charge in [-0.25, -0.2) is 4.39 Å². The number of carbonyl (C=O) groups excluding carboxylic acids is 1.